The van der Waals surface area contributed by atoms with Gasteiger partial charge in [0.15, 0.2) is 0 Å². The molecule has 1 rings (SSSR count). The molecule has 0 aliphatic carbocycles. The molecule has 1 atom stereocenters. The molecule has 1 aromatic carbocycles. The summed E-state index contributed by atoms with van der Waals surface area (Å²) in [5.41, 5.74) is 1.54. The highest BCUT2D eigenvalue weighted by Crippen LogP contribution is 2.17. The lowest BCUT2D eigenvalue weighted by Gasteiger charge is -2.15. The maximum atomic E-state index is 11.7. The Kier molecular flexibility index (Phi) is 6.39. The first-order valence-electron chi connectivity index (χ1n) is 6.77. The number of nitrogens with one attached hydrogen (secondary N) is 2. The van der Waals surface area contributed by atoms with Crippen molar-refractivity contribution >= 4 is 23.5 Å². The van der Waals surface area contributed by atoms with E-state index in [1.165, 1.54) is 6.92 Å². The number of rotatable bonds is 7. The Labute approximate surface area is 123 Å². The number of carboxylic acid groups (broad SMARTS) is 1. The number of anilines is 1. The molecule has 21 heavy (non-hydrogen) atoms. The second kappa shape index (κ2) is 8.04. The van der Waals surface area contributed by atoms with Gasteiger partial charge in [-0.05, 0) is 31.0 Å². The molecule has 1 unspecified atom stereocenters. The van der Waals surface area contributed by atoms with Crippen molar-refractivity contribution in [1.82, 2.24) is 5.32 Å². The Hall–Kier alpha value is -2.37. The van der Waals surface area contributed by atoms with Crippen LogP contribution in [0.5, 0.6) is 0 Å². The molecule has 3 N–H and O–H groups in total. The van der Waals surface area contributed by atoms with Crippen LogP contribution in [-0.4, -0.2) is 22.9 Å². The van der Waals surface area contributed by atoms with Gasteiger partial charge in [-0.25, -0.2) is 0 Å². The average Bonchev–Trinajstić information content (AvgIpc) is 2.37. The highest BCUT2D eigenvalue weighted by Gasteiger charge is 2.10. The molecule has 0 saturated heterocycles. The van der Waals surface area contributed by atoms with Crippen molar-refractivity contribution in [2.24, 2.45) is 0 Å². The number of carbonyl (C=O) groups excluding carboxylic acids is 2. The van der Waals surface area contributed by atoms with Crippen LogP contribution in [0, 0.1) is 0 Å². The fraction of sp³-hybridized carbons (Fsp3) is 0.400. The molecule has 0 aliphatic heterocycles. The maximum absolute atomic E-state index is 11.7. The van der Waals surface area contributed by atoms with Crippen molar-refractivity contribution in [1.29, 1.82) is 0 Å². The van der Waals surface area contributed by atoms with E-state index in [-0.39, 0.29) is 30.7 Å². The Balaban J connectivity index is 2.54. The lowest BCUT2D eigenvalue weighted by Crippen LogP contribution is -2.26. The monoisotopic (exact) mass is 292 g/mol. The highest BCUT2D eigenvalue weighted by atomic mass is 16.4. The zero-order valence-corrected chi connectivity index (χ0v) is 12.2. The van der Waals surface area contributed by atoms with Gasteiger partial charge < -0.3 is 15.7 Å². The summed E-state index contributed by atoms with van der Waals surface area (Å²) in [6, 6.07) is 7.01. The zero-order chi connectivity index (χ0) is 15.8. The first-order valence-corrected chi connectivity index (χ1v) is 6.77. The van der Waals surface area contributed by atoms with Crippen LogP contribution in [0.15, 0.2) is 24.3 Å². The SMILES string of the molecule is CC(=O)Nc1cccc(C(C)NC(=O)CCCC(=O)O)c1. The van der Waals surface area contributed by atoms with E-state index in [1.54, 1.807) is 18.2 Å². The van der Waals surface area contributed by atoms with Crippen LogP contribution in [0.4, 0.5) is 5.69 Å². The predicted octanol–water partition coefficient (Wildman–Crippen LogP) is 2.08. The molecule has 0 spiro atoms. The summed E-state index contributed by atoms with van der Waals surface area (Å²) in [6.45, 7) is 3.27. The van der Waals surface area contributed by atoms with E-state index in [0.29, 0.717) is 12.1 Å². The molecule has 0 bridgehead atoms. The van der Waals surface area contributed by atoms with Crippen LogP contribution in [0.2, 0.25) is 0 Å². The van der Waals surface area contributed by atoms with Crippen LogP contribution in [0.3, 0.4) is 0 Å². The lowest BCUT2D eigenvalue weighted by atomic mass is 10.1. The molecular formula is C15H20N2O4. The summed E-state index contributed by atoms with van der Waals surface area (Å²) in [4.78, 5) is 33.1. The van der Waals surface area contributed by atoms with Crippen molar-refractivity contribution in [2.75, 3.05) is 5.32 Å². The van der Waals surface area contributed by atoms with Gasteiger partial charge in [0.05, 0.1) is 6.04 Å². The standard InChI is InChI=1S/C15H20N2O4/c1-10(16-14(19)7-4-8-15(20)21)12-5-3-6-13(9-12)17-11(2)18/h3,5-6,9-10H,4,7-8H2,1-2H3,(H,16,19)(H,17,18)(H,20,21). The van der Waals surface area contributed by atoms with Gasteiger partial charge in [0.25, 0.3) is 0 Å². The van der Waals surface area contributed by atoms with Gasteiger partial charge >= 0.3 is 5.97 Å². The van der Waals surface area contributed by atoms with Crippen molar-refractivity contribution in [2.45, 2.75) is 39.2 Å². The van der Waals surface area contributed by atoms with Gasteiger partial charge in [-0.2, -0.15) is 0 Å². The fourth-order valence-corrected chi connectivity index (χ4v) is 1.89. The van der Waals surface area contributed by atoms with Crippen LogP contribution in [0.25, 0.3) is 0 Å². The molecular weight excluding hydrogens is 272 g/mol. The topological polar surface area (TPSA) is 95.5 Å². The second-order valence-corrected chi connectivity index (χ2v) is 4.84. The number of hydrogen-bond acceptors (Lipinski definition) is 3. The number of aliphatic carboxylic acids is 1. The molecule has 1 aromatic rings. The number of carbonyl (C=O) groups is 3. The molecule has 114 valence electrons. The largest absolute Gasteiger partial charge is 0.481 e. The molecule has 0 aromatic heterocycles. The van der Waals surface area contributed by atoms with Gasteiger partial charge in [0.1, 0.15) is 0 Å². The van der Waals surface area contributed by atoms with Gasteiger partial charge in [-0.15, -0.1) is 0 Å². The first kappa shape index (κ1) is 16.7. The zero-order valence-electron chi connectivity index (χ0n) is 12.2. The van der Waals surface area contributed by atoms with Gasteiger partial charge in [0.2, 0.25) is 11.8 Å². The van der Waals surface area contributed by atoms with Crippen LogP contribution >= 0.6 is 0 Å². The van der Waals surface area contributed by atoms with E-state index >= 15 is 0 Å². The minimum atomic E-state index is -0.904. The predicted molar refractivity (Wildman–Crippen MR) is 78.8 cm³/mol. The van der Waals surface area contributed by atoms with Crippen molar-refractivity contribution in [3.63, 3.8) is 0 Å². The molecule has 0 saturated carbocycles. The lowest BCUT2D eigenvalue weighted by molar-refractivity contribution is -0.137. The van der Waals surface area contributed by atoms with E-state index in [0.717, 1.165) is 5.56 Å². The molecule has 6 heteroatoms. The van der Waals surface area contributed by atoms with Gasteiger partial charge in [0, 0.05) is 25.5 Å². The number of amides is 2. The molecule has 0 fully saturated rings. The molecule has 0 radical (unpaired) electrons. The third-order valence-electron chi connectivity index (χ3n) is 2.88. The molecule has 2 amide bonds. The van der Waals surface area contributed by atoms with E-state index in [9.17, 15) is 14.4 Å². The Morgan fingerprint density at radius 1 is 1.24 bits per heavy atom. The summed E-state index contributed by atoms with van der Waals surface area (Å²) in [6.07, 6.45) is 0.488. The van der Waals surface area contributed by atoms with Crippen LogP contribution in [0.1, 0.15) is 44.7 Å². The summed E-state index contributed by atoms with van der Waals surface area (Å²) in [5, 5.41) is 14.0. The van der Waals surface area contributed by atoms with E-state index < -0.39 is 5.97 Å². The average molecular weight is 292 g/mol. The Morgan fingerprint density at radius 2 is 1.95 bits per heavy atom. The third kappa shape index (κ3) is 6.56. The Morgan fingerprint density at radius 3 is 2.57 bits per heavy atom. The van der Waals surface area contributed by atoms with Crippen molar-refractivity contribution in [3.8, 4) is 0 Å². The Bertz CT molecular complexity index is 528. The van der Waals surface area contributed by atoms with Crippen LogP contribution < -0.4 is 10.6 Å². The second-order valence-electron chi connectivity index (χ2n) is 4.84. The van der Waals surface area contributed by atoms with Crippen LogP contribution in [-0.2, 0) is 14.4 Å². The number of carboxylic acids is 1. The smallest absolute Gasteiger partial charge is 0.303 e. The third-order valence-corrected chi connectivity index (χ3v) is 2.88. The molecule has 6 nitrogen and oxygen atoms in total. The van der Waals surface area contributed by atoms with E-state index in [2.05, 4.69) is 10.6 Å². The maximum Gasteiger partial charge on any atom is 0.303 e. The van der Waals surface area contributed by atoms with Crippen molar-refractivity contribution < 1.29 is 19.5 Å². The van der Waals surface area contributed by atoms with Gasteiger partial charge in [-0.1, -0.05) is 12.1 Å². The summed E-state index contributed by atoms with van der Waals surface area (Å²) < 4.78 is 0. The van der Waals surface area contributed by atoms with Crippen molar-refractivity contribution in [3.05, 3.63) is 29.8 Å². The minimum absolute atomic E-state index is 0.0141. The van der Waals surface area contributed by atoms with E-state index in [4.69, 9.17) is 5.11 Å². The van der Waals surface area contributed by atoms with E-state index in [1.807, 2.05) is 13.0 Å². The first-order chi connectivity index (χ1) is 9.88. The quantitative estimate of drug-likeness (QED) is 0.717. The number of benzene rings is 1. The summed E-state index contributed by atoms with van der Waals surface area (Å²) >= 11 is 0. The van der Waals surface area contributed by atoms with Gasteiger partial charge in [-0.3, -0.25) is 14.4 Å². The minimum Gasteiger partial charge on any atom is -0.481 e. The molecule has 0 aliphatic rings. The summed E-state index contributed by atoms with van der Waals surface area (Å²) in [5.74, 6) is -1.25. The number of hydrogen-bond donors (Lipinski definition) is 3. The molecule has 0 heterocycles. The highest BCUT2D eigenvalue weighted by molar-refractivity contribution is 5.88. The summed E-state index contributed by atoms with van der Waals surface area (Å²) in [7, 11) is 0. The normalized spacial score (nSPS) is 11.5. The fourth-order valence-electron chi connectivity index (χ4n) is 1.89.